The zero-order chi connectivity index (χ0) is 10.1. The number of benzene rings is 1. The van der Waals surface area contributed by atoms with Gasteiger partial charge in [-0.25, -0.2) is 0 Å². The van der Waals surface area contributed by atoms with Crippen LogP contribution in [0.2, 0.25) is 0 Å². The summed E-state index contributed by atoms with van der Waals surface area (Å²) in [7, 11) is 6.09. The van der Waals surface area contributed by atoms with E-state index in [1.54, 1.807) is 6.07 Å². The highest BCUT2D eigenvalue weighted by Crippen LogP contribution is 2.23. The number of nitrogens with zero attached hydrogens (tertiary/aromatic N) is 1. The highest BCUT2D eigenvalue weighted by molar-refractivity contribution is 5.37. The molecule has 0 aliphatic rings. The Kier molecular flexibility index (Phi) is 2.48. The van der Waals surface area contributed by atoms with Gasteiger partial charge in [0.2, 0.25) is 0 Å². The van der Waals surface area contributed by atoms with Crippen molar-refractivity contribution in [3.63, 3.8) is 0 Å². The first-order chi connectivity index (χ1) is 5.88. The second-order valence-electron chi connectivity index (χ2n) is 4.26. The third-order valence-electron chi connectivity index (χ3n) is 1.71. The van der Waals surface area contributed by atoms with Crippen LogP contribution >= 0.6 is 0 Å². The largest absolute Gasteiger partial charge is 0.508 e. The molecule has 3 heteroatoms. The van der Waals surface area contributed by atoms with Gasteiger partial charge in [-0.2, -0.15) is 0 Å². The maximum absolute atomic E-state index is 9.48. The van der Waals surface area contributed by atoms with Gasteiger partial charge in [0.15, 0.2) is 0 Å². The van der Waals surface area contributed by atoms with Gasteiger partial charge in [0.25, 0.3) is 0 Å². The van der Waals surface area contributed by atoms with Crippen molar-refractivity contribution in [3.8, 4) is 11.5 Å². The Morgan fingerprint density at radius 1 is 1.15 bits per heavy atom. The summed E-state index contributed by atoms with van der Waals surface area (Å²) in [5, 5.41) is 18.7. The normalized spacial score (nSPS) is 11.6. The molecular formula is C10H16NO2+. The molecule has 0 bridgehead atoms. The van der Waals surface area contributed by atoms with E-state index in [0.717, 1.165) is 10.0 Å². The summed E-state index contributed by atoms with van der Waals surface area (Å²) >= 11 is 0. The third kappa shape index (κ3) is 2.95. The van der Waals surface area contributed by atoms with Crippen LogP contribution in [0.25, 0.3) is 0 Å². The van der Waals surface area contributed by atoms with Crippen LogP contribution < -0.4 is 0 Å². The first-order valence-corrected chi connectivity index (χ1v) is 4.20. The Morgan fingerprint density at radius 3 is 2.31 bits per heavy atom. The lowest BCUT2D eigenvalue weighted by Gasteiger charge is -2.24. The minimum absolute atomic E-state index is 0.196. The minimum Gasteiger partial charge on any atom is -0.508 e. The van der Waals surface area contributed by atoms with Gasteiger partial charge in [0.1, 0.15) is 18.0 Å². The molecule has 0 saturated heterocycles. The number of quaternary nitrogens is 1. The van der Waals surface area contributed by atoms with Crippen LogP contribution in [0.5, 0.6) is 11.5 Å². The van der Waals surface area contributed by atoms with Gasteiger partial charge in [-0.3, -0.25) is 0 Å². The summed E-state index contributed by atoms with van der Waals surface area (Å²) in [6.45, 7) is 0.695. The number of phenols is 2. The lowest BCUT2D eigenvalue weighted by Crippen LogP contribution is -2.33. The molecular weight excluding hydrogens is 166 g/mol. The second-order valence-corrected chi connectivity index (χ2v) is 4.26. The zero-order valence-corrected chi connectivity index (χ0v) is 8.28. The molecule has 13 heavy (non-hydrogen) atoms. The predicted molar refractivity (Wildman–Crippen MR) is 51.5 cm³/mol. The molecule has 0 fully saturated rings. The van der Waals surface area contributed by atoms with E-state index < -0.39 is 0 Å². The number of aromatic hydroxyl groups is 2. The molecule has 1 aromatic carbocycles. The van der Waals surface area contributed by atoms with E-state index in [1.807, 2.05) is 21.1 Å². The lowest BCUT2D eigenvalue weighted by atomic mass is 10.1. The van der Waals surface area contributed by atoms with Crippen LogP contribution in [0, 0.1) is 0 Å². The van der Waals surface area contributed by atoms with E-state index in [9.17, 15) is 10.2 Å². The van der Waals surface area contributed by atoms with E-state index in [0.29, 0.717) is 6.54 Å². The van der Waals surface area contributed by atoms with Gasteiger partial charge in [-0.05, 0) is 18.2 Å². The average Bonchev–Trinajstić information content (AvgIpc) is 1.94. The summed E-state index contributed by atoms with van der Waals surface area (Å²) in [4.78, 5) is 0. The zero-order valence-electron chi connectivity index (χ0n) is 8.28. The van der Waals surface area contributed by atoms with Crippen LogP contribution in [0.15, 0.2) is 18.2 Å². The first kappa shape index (κ1) is 9.86. The van der Waals surface area contributed by atoms with Crippen molar-refractivity contribution in [2.24, 2.45) is 0 Å². The number of hydrogen-bond donors (Lipinski definition) is 2. The molecule has 1 rings (SSSR count). The first-order valence-electron chi connectivity index (χ1n) is 4.20. The molecule has 3 nitrogen and oxygen atoms in total. The Balaban J connectivity index is 2.94. The van der Waals surface area contributed by atoms with Gasteiger partial charge >= 0.3 is 0 Å². The third-order valence-corrected chi connectivity index (χ3v) is 1.71. The van der Waals surface area contributed by atoms with E-state index >= 15 is 0 Å². The number of hydrogen-bond acceptors (Lipinski definition) is 2. The van der Waals surface area contributed by atoms with Crippen molar-refractivity contribution in [3.05, 3.63) is 23.8 Å². The Morgan fingerprint density at radius 2 is 1.77 bits per heavy atom. The van der Waals surface area contributed by atoms with Gasteiger partial charge in [0.05, 0.1) is 26.7 Å². The number of rotatable bonds is 2. The van der Waals surface area contributed by atoms with Crippen molar-refractivity contribution in [1.29, 1.82) is 0 Å². The number of phenolic OH excluding ortho intramolecular Hbond substituents is 2. The highest BCUT2D eigenvalue weighted by Gasteiger charge is 2.12. The molecule has 2 N–H and O–H groups in total. The van der Waals surface area contributed by atoms with E-state index in [2.05, 4.69) is 0 Å². The summed E-state index contributed by atoms with van der Waals surface area (Å²) in [6, 6.07) is 4.59. The molecule has 72 valence electrons. The summed E-state index contributed by atoms with van der Waals surface area (Å²) in [5.74, 6) is 0.437. The molecule has 0 aliphatic heterocycles. The van der Waals surface area contributed by atoms with Crippen molar-refractivity contribution in [2.45, 2.75) is 6.54 Å². The SMILES string of the molecule is C[N+](C)(C)Cc1cc(O)ccc1O. The highest BCUT2D eigenvalue weighted by atomic mass is 16.3. The van der Waals surface area contributed by atoms with Crippen molar-refractivity contribution < 1.29 is 14.7 Å². The quantitative estimate of drug-likeness (QED) is 0.534. The molecule has 0 spiro atoms. The molecule has 0 amide bonds. The summed E-state index contributed by atoms with van der Waals surface area (Å²) in [5.41, 5.74) is 0.771. The molecule has 0 atom stereocenters. The summed E-state index contributed by atoms with van der Waals surface area (Å²) in [6.07, 6.45) is 0. The maximum atomic E-state index is 9.48. The maximum Gasteiger partial charge on any atom is 0.124 e. The molecule has 0 aromatic heterocycles. The minimum atomic E-state index is 0.196. The fourth-order valence-corrected chi connectivity index (χ4v) is 1.21. The monoisotopic (exact) mass is 182 g/mol. The molecule has 0 unspecified atom stereocenters. The van der Waals surface area contributed by atoms with E-state index in [1.165, 1.54) is 12.1 Å². The van der Waals surface area contributed by atoms with Crippen LogP contribution in [-0.4, -0.2) is 35.8 Å². The summed E-state index contributed by atoms with van der Waals surface area (Å²) < 4.78 is 0.719. The van der Waals surface area contributed by atoms with Crippen molar-refractivity contribution >= 4 is 0 Å². The molecule has 1 aromatic rings. The Hall–Kier alpha value is -1.22. The topological polar surface area (TPSA) is 40.5 Å². The van der Waals surface area contributed by atoms with Gasteiger partial charge in [-0.15, -0.1) is 0 Å². The average molecular weight is 182 g/mol. The fraction of sp³-hybridized carbons (Fsp3) is 0.400. The van der Waals surface area contributed by atoms with E-state index in [-0.39, 0.29) is 11.5 Å². The standard InChI is InChI=1S/C10H15NO2/c1-11(2,3)7-8-6-9(12)4-5-10(8)13/h4-6H,7H2,1-3H3,(H-,12,13)/p+1. The van der Waals surface area contributed by atoms with Gasteiger partial charge in [-0.1, -0.05) is 0 Å². The van der Waals surface area contributed by atoms with Crippen LogP contribution in [0.3, 0.4) is 0 Å². The Labute approximate surface area is 78.4 Å². The van der Waals surface area contributed by atoms with Crippen LogP contribution in [0.1, 0.15) is 5.56 Å². The fourth-order valence-electron chi connectivity index (χ4n) is 1.21. The molecule has 0 radical (unpaired) electrons. The van der Waals surface area contributed by atoms with Crippen LogP contribution in [-0.2, 0) is 6.54 Å². The smallest absolute Gasteiger partial charge is 0.124 e. The molecule has 0 heterocycles. The van der Waals surface area contributed by atoms with E-state index in [4.69, 9.17) is 0 Å². The Bertz CT molecular complexity index is 302. The van der Waals surface area contributed by atoms with Crippen molar-refractivity contribution in [2.75, 3.05) is 21.1 Å². The lowest BCUT2D eigenvalue weighted by molar-refractivity contribution is -0.884. The van der Waals surface area contributed by atoms with Crippen LogP contribution in [0.4, 0.5) is 0 Å². The molecule has 0 aliphatic carbocycles. The van der Waals surface area contributed by atoms with Gasteiger partial charge in [0, 0.05) is 0 Å². The van der Waals surface area contributed by atoms with Crippen molar-refractivity contribution in [1.82, 2.24) is 0 Å². The second kappa shape index (κ2) is 3.26. The molecule has 0 saturated carbocycles. The predicted octanol–water partition coefficient (Wildman–Crippen LogP) is 1.30. The van der Waals surface area contributed by atoms with Gasteiger partial charge < -0.3 is 14.7 Å².